The molecule has 6 heteroatoms. The second kappa shape index (κ2) is 7.47. The summed E-state index contributed by atoms with van der Waals surface area (Å²) in [4.78, 5) is 16.5. The molecule has 6 nitrogen and oxygen atoms in total. The van der Waals surface area contributed by atoms with Crippen molar-refractivity contribution in [2.24, 2.45) is 4.99 Å². The molecular weight excluding hydrogens is 334 g/mol. The summed E-state index contributed by atoms with van der Waals surface area (Å²) in [6.45, 7) is 6.29. The van der Waals surface area contributed by atoms with Crippen LogP contribution in [-0.2, 0) is 9.53 Å². The number of hydrogen-bond acceptors (Lipinski definition) is 6. The summed E-state index contributed by atoms with van der Waals surface area (Å²) < 4.78 is 21.8. The number of cyclic esters (lactones) is 1. The van der Waals surface area contributed by atoms with E-state index in [1.165, 1.54) is 0 Å². The van der Waals surface area contributed by atoms with Gasteiger partial charge in [-0.25, -0.2) is 9.79 Å². The van der Waals surface area contributed by atoms with Gasteiger partial charge in [0, 0.05) is 0 Å². The fourth-order valence-corrected chi connectivity index (χ4v) is 2.63. The van der Waals surface area contributed by atoms with Gasteiger partial charge in [0.05, 0.1) is 19.3 Å². The van der Waals surface area contributed by atoms with E-state index in [1.54, 1.807) is 32.2 Å². The Morgan fingerprint density at radius 2 is 2.00 bits per heavy atom. The van der Waals surface area contributed by atoms with Crippen LogP contribution in [-0.4, -0.2) is 25.6 Å². The van der Waals surface area contributed by atoms with Crippen molar-refractivity contribution in [1.82, 2.24) is 0 Å². The van der Waals surface area contributed by atoms with Crippen molar-refractivity contribution in [3.05, 3.63) is 52.6 Å². The summed E-state index contributed by atoms with van der Waals surface area (Å²) in [6.07, 6.45) is 2.56. The minimum Gasteiger partial charge on any atom is -0.493 e. The Balaban J connectivity index is 1.89. The van der Waals surface area contributed by atoms with Gasteiger partial charge in [0.25, 0.3) is 0 Å². The molecule has 0 radical (unpaired) electrons. The van der Waals surface area contributed by atoms with Crippen molar-refractivity contribution < 1.29 is 23.4 Å². The Morgan fingerprint density at radius 1 is 1.19 bits per heavy atom. The molecule has 26 heavy (non-hydrogen) atoms. The number of ether oxygens (including phenoxy) is 3. The average molecular weight is 355 g/mol. The Labute approximate surface area is 152 Å². The number of rotatable bonds is 6. The topological polar surface area (TPSA) is 70.3 Å². The fourth-order valence-electron chi connectivity index (χ4n) is 2.63. The van der Waals surface area contributed by atoms with Crippen LogP contribution in [0.4, 0.5) is 0 Å². The average Bonchev–Trinajstić information content (AvgIpc) is 3.15. The molecule has 0 spiro atoms. The Hall–Kier alpha value is -3.02. The summed E-state index contributed by atoms with van der Waals surface area (Å²) in [7, 11) is 1.58. The third-order valence-corrected chi connectivity index (χ3v) is 3.84. The van der Waals surface area contributed by atoms with Gasteiger partial charge in [0.1, 0.15) is 11.5 Å². The molecular formula is C20H21NO5. The Bertz CT molecular complexity index is 892. The number of aliphatic imine (C=N–C) groups is 1. The maximum absolute atomic E-state index is 12.2. The van der Waals surface area contributed by atoms with Crippen LogP contribution < -0.4 is 9.47 Å². The smallest absolute Gasteiger partial charge is 0.363 e. The third-order valence-electron chi connectivity index (χ3n) is 3.84. The van der Waals surface area contributed by atoms with E-state index in [-0.39, 0.29) is 11.6 Å². The fraction of sp³-hybridized carbons (Fsp3) is 0.300. The lowest BCUT2D eigenvalue weighted by molar-refractivity contribution is -0.129. The van der Waals surface area contributed by atoms with Gasteiger partial charge in [0.2, 0.25) is 5.90 Å². The van der Waals surface area contributed by atoms with Crippen molar-refractivity contribution in [3.63, 3.8) is 0 Å². The number of methoxy groups -OCH3 is 1. The quantitative estimate of drug-likeness (QED) is 0.578. The maximum atomic E-state index is 12.2. The van der Waals surface area contributed by atoms with E-state index in [9.17, 15) is 4.79 Å². The summed E-state index contributed by atoms with van der Waals surface area (Å²) in [6, 6.07) is 7.25. The van der Waals surface area contributed by atoms with Crippen LogP contribution in [0.15, 0.2) is 39.4 Å². The van der Waals surface area contributed by atoms with Gasteiger partial charge >= 0.3 is 5.97 Å². The van der Waals surface area contributed by atoms with Crippen molar-refractivity contribution in [2.75, 3.05) is 13.7 Å². The minimum absolute atomic E-state index is 0.225. The molecule has 1 aliphatic heterocycles. The molecule has 0 fully saturated rings. The molecule has 0 saturated carbocycles. The molecule has 0 N–H and O–H groups in total. The van der Waals surface area contributed by atoms with Gasteiger partial charge in [-0.15, -0.1) is 0 Å². The van der Waals surface area contributed by atoms with Crippen molar-refractivity contribution in [2.45, 2.75) is 27.2 Å². The van der Waals surface area contributed by atoms with E-state index in [0.717, 1.165) is 17.7 Å². The molecule has 0 aliphatic carbocycles. The first-order valence-corrected chi connectivity index (χ1v) is 8.42. The molecule has 0 atom stereocenters. The molecule has 0 saturated heterocycles. The van der Waals surface area contributed by atoms with Crippen molar-refractivity contribution >= 4 is 17.9 Å². The number of benzene rings is 1. The number of aryl methyl sites for hydroxylation is 2. The highest BCUT2D eigenvalue weighted by molar-refractivity contribution is 6.13. The zero-order chi connectivity index (χ0) is 18.7. The van der Waals surface area contributed by atoms with Gasteiger partial charge < -0.3 is 18.6 Å². The first-order valence-electron chi connectivity index (χ1n) is 8.42. The summed E-state index contributed by atoms with van der Waals surface area (Å²) in [5, 5.41) is 0. The molecule has 0 unspecified atom stereocenters. The predicted octanol–water partition coefficient (Wildman–Crippen LogP) is 4.04. The molecule has 136 valence electrons. The molecule has 2 heterocycles. The lowest BCUT2D eigenvalue weighted by Crippen LogP contribution is -2.05. The van der Waals surface area contributed by atoms with Gasteiger partial charge in [-0.1, -0.05) is 13.0 Å². The van der Waals surface area contributed by atoms with Crippen LogP contribution in [0.2, 0.25) is 0 Å². The highest BCUT2D eigenvalue weighted by Crippen LogP contribution is 2.30. The summed E-state index contributed by atoms with van der Waals surface area (Å²) in [5.41, 5.74) is 1.67. The van der Waals surface area contributed by atoms with E-state index in [2.05, 4.69) is 4.99 Å². The van der Waals surface area contributed by atoms with E-state index >= 15 is 0 Å². The minimum atomic E-state index is -0.497. The van der Waals surface area contributed by atoms with Gasteiger partial charge in [-0.2, -0.15) is 0 Å². The van der Waals surface area contributed by atoms with Crippen molar-refractivity contribution in [1.29, 1.82) is 0 Å². The molecule has 1 aliphatic rings. The van der Waals surface area contributed by atoms with E-state index in [0.29, 0.717) is 29.4 Å². The van der Waals surface area contributed by atoms with Crippen LogP contribution in [0.5, 0.6) is 11.5 Å². The largest absolute Gasteiger partial charge is 0.493 e. The second-order valence-corrected chi connectivity index (χ2v) is 5.92. The zero-order valence-electron chi connectivity index (χ0n) is 15.3. The third kappa shape index (κ3) is 3.64. The number of furan rings is 1. The molecule has 0 bridgehead atoms. The van der Waals surface area contributed by atoms with E-state index in [1.807, 2.05) is 26.0 Å². The second-order valence-electron chi connectivity index (χ2n) is 5.92. The summed E-state index contributed by atoms with van der Waals surface area (Å²) in [5.74, 6) is 2.42. The highest BCUT2D eigenvalue weighted by atomic mass is 16.6. The van der Waals surface area contributed by atoms with Crippen LogP contribution >= 0.6 is 0 Å². The SMILES string of the molecule is CCCOc1ccc(C=C2N=C(c3cc(C)oc3C)OC2=O)cc1OC. The van der Waals surface area contributed by atoms with Gasteiger partial charge in [-0.3, -0.25) is 0 Å². The summed E-state index contributed by atoms with van der Waals surface area (Å²) >= 11 is 0. The number of esters is 1. The normalized spacial score (nSPS) is 15.2. The number of carbonyl (C=O) groups is 1. The van der Waals surface area contributed by atoms with Crippen LogP contribution in [0, 0.1) is 13.8 Å². The number of hydrogen-bond donors (Lipinski definition) is 0. The highest BCUT2D eigenvalue weighted by Gasteiger charge is 2.26. The molecule has 1 aromatic carbocycles. The first kappa shape index (κ1) is 17.8. The molecule has 1 aromatic heterocycles. The number of nitrogens with zero attached hydrogens (tertiary/aromatic N) is 1. The molecule has 0 amide bonds. The van der Waals surface area contributed by atoms with Gasteiger partial charge in [0.15, 0.2) is 17.2 Å². The predicted molar refractivity (Wildman–Crippen MR) is 97.6 cm³/mol. The molecule has 2 aromatic rings. The van der Waals surface area contributed by atoms with Crippen LogP contribution in [0.3, 0.4) is 0 Å². The van der Waals surface area contributed by atoms with Gasteiger partial charge in [-0.05, 0) is 50.1 Å². The van der Waals surface area contributed by atoms with E-state index < -0.39 is 5.97 Å². The molecule has 3 rings (SSSR count). The zero-order valence-corrected chi connectivity index (χ0v) is 15.3. The van der Waals surface area contributed by atoms with Crippen molar-refractivity contribution in [3.8, 4) is 11.5 Å². The lowest BCUT2D eigenvalue weighted by Gasteiger charge is -2.10. The van der Waals surface area contributed by atoms with E-state index in [4.69, 9.17) is 18.6 Å². The Kier molecular flexibility index (Phi) is 5.11. The first-order chi connectivity index (χ1) is 12.5. The standard InChI is InChI=1S/C20H21NO5/c1-5-8-24-17-7-6-14(11-18(17)23-4)10-16-20(22)26-19(21-16)15-9-12(2)25-13(15)3/h6-7,9-11H,5,8H2,1-4H3. The van der Waals surface area contributed by atoms with Crippen LogP contribution in [0.1, 0.15) is 36.0 Å². The monoisotopic (exact) mass is 355 g/mol. The van der Waals surface area contributed by atoms with Crippen LogP contribution in [0.25, 0.3) is 6.08 Å². The maximum Gasteiger partial charge on any atom is 0.363 e. The lowest BCUT2D eigenvalue weighted by atomic mass is 10.1. The Morgan fingerprint density at radius 3 is 2.65 bits per heavy atom. The number of carbonyl (C=O) groups excluding carboxylic acids is 1.